The predicted molar refractivity (Wildman–Crippen MR) is 119 cm³/mol. The van der Waals surface area contributed by atoms with E-state index in [9.17, 15) is 9.59 Å². The van der Waals surface area contributed by atoms with Gasteiger partial charge in [-0.1, -0.05) is 37.5 Å². The number of aryl methyl sites for hydroxylation is 1. The van der Waals surface area contributed by atoms with E-state index in [0.29, 0.717) is 13.0 Å². The topological polar surface area (TPSA) is 83.7 Å². The number of rotatable bonds is 8. The third-order valence-corrected chi connectivity index (χ3v) is 6.72. The molecular weight excluding hydrogens is 394 g/mol. The van der Waals surface area contributed by atoms with Gasteiger partial charge in [0.1, 0.15) is 0 Å². The molecule has 2 aliphatic rings. The molecule has 0 radical (unpaired) electrons. The van der Waals surface area contributed by atoms with Crippen LogP contribution in [0.5, 0.6) is 0 Å². The minimum Gasteiger partial charge on any atom is -0.456 e. The Morgan fingerprint density at radius 3 is 2.71 bits per heavy atom. The van der Waals surface area contributed by atoms with Crippen LogP contribution in [0.1, 0.15) is 44.1 Å². The summed E-state index contributed by atoms with van der Waals surface area (Å²) in [5.74, 6) is -0.570. The summed E-state index contributed by atoms with van der Waals surface area (Å²) in [5.41, 5.74) is 2.15. The molecule has 2 heterocycles. The Balaban J connectivity index is 1.22. The molecule has 31 heavy (non-hydrogen) atoms. The van der Waals surface area contributed by atoms with Crippen molar-refractivity contribution < 1.29 is 19.1 Å². The average Bonchev–Trinajstić information content (AvgIpc) is 3.24. The number of amides is 1. The van der Waals surface area contributed by atoms with Crippen LogP contribution in [0, 0.1) is 0 Å². The standard InChI is InChI=1S/C24H33N3O4/c28-22(26-18-24(10-4-1-5-11-24)27-12-14-30-15-13-27)17-31-23(29)9-8-19-16-25-21-7-3-2-6-20(19)21/h2-3,6-7,16,25H,1,4-5,8-15,17-18H2,(H,26,28). The molecule has 2 aromatic rings. The predicted octanol–water partition coefficient (Wildman–Crippen LogP) is 2.80. The van der Waals surface area contributed by atoms with E-state index < -0.39 is 0 Å². The van der Waals surface area contributed by atoms with Crippen molar-refractivity contribution >= 4 is 22.8 Å². The fourth-order valence-electron chi connectivity index (χ4n) is 4.96. The smallest absolute Gasteiger partial charge is 0.306 e. The van der Waals surface area contributed by atoms with Crippen molar-refractivity contribution in [2.75, 3.05) is 39.5 Å². The van der Waals surface area contributed by atoms with Crippen LogP contribution in [0.3, 0.4) is 0 Å². The van der Waals surface area contributed by atoms with Crippen LogP contribution in [0.25, 0.3) is 10.9 Å². The molecule has 1 saturated heterocycles. The Morgan fingerprint density at radius 1 is 1.13 bits per heavy atom. The van der Waals surface area contributed by atoms with E-state index in [1.54, 1.807) is 0 Å². The zero-order valence-electron chi connectivity index (χ0n) is 18.2. The number of carbonyl (C=O) groups excluding carboxylic acids is 2. The fraction of sp³-hybridized carbons (Fsp3) is 0.583. The van der Waals surface area contributed by atoms with E-state index >= 15 is 0 Å². The third kappa shape index (κ3) is 5.46. The van der Waals surface area contributed by atoms with E-state index in [4.69, 9.17) is 9.47 Å². The highest BCUT2D eigenvalue weighted by Crippen LogP contribution is 2.33. The quantitative estimate of drug-likeness (QED) is 0.633. The first kappa shape index (κ1) is 21.8. The van der Waals surface area contributed by atoms with Gasteiger partial charge in [-0.2, -0.15) is 0 Å². The first-order valence-electron chi connectivity index (χ1n) is 11.5. The zero-order chi connectivity index (χ0) is 21.5. The van der Waals surface area contributed by atoms with Crippen molar-refractivity contribution in [3.05, 3.63) is 36.0 Å². The van der Waals surface area contributed by atoms with Crippen LogP contribution in [0.4, 0.5) is 0 Å². The minimum atomic E-state index is -0.346. The summed E-state index contributed by atoms with van der Waals surface area (Å²) in [4.78, 5) is 30.2. The van der Waals surface area contributed by atoms with Gasteiger partial charge < -0.3 is 19.8 Å². The van der Waals surface area contributed by atoms with Crippen LogP contribution in [0.15, 0.2) is 30.5 Å². The molecule has 1 aromatic carbocycles. The number of nitrogens with zero attached hydrogens (tertiary/aromatic N) is 1. The van der Waals surface area contributed by atoms with Gasteiger partial charge in [-0.3, -0.25) is 14.5 Å². The highest BCUT2D eigenvalue weighted by molar-refractivity contribution is 5.84. The number of benzene rings is 1. The van der Waals surface area contributed by atoms with E-state index in [1.165, 1.54) is 19.3 Å². The summed E-state index contributed by atoms with van der Waals surface area (Å²) in [6.07, 6.45) is 8.60. The van der Waals surface area contributed by atoms with Crippen LogP contribution in [-0.2, 0) is 25.5 Å². The lowest BCUT2D eigenvalue weighted by molar-refractivity contribution is -0.148. The maximum atomic E-state index is 12.4. The lowest BCUT2D eigenvalue weighted by Gasteiger charge is -2.48. The number of aromatic amines is 1. The molecule has 1 aromatic heterocycles. The molecule has 0 unspecified atom stereocenters. The van der Waals surface area contributed by atoms with Gasteiger partial charge in [-0.25, -0.2) is 0 Å². The molecule has 1 aliphatic heterocycles. The summed E-state index contributed by atoms with van der Waals surface area (Å²) in [6, 6.07) is 8.01. The molecule has 0 atom stereocenters. The van der Waals surface area contributed by atoms with Gasteiger partial charge in [-0.15, -0.1) is 0 Å². The van der Waals surface area contributed by atoms with Crippen molar-refractivity contribution in [1.29, 1.82) is 0 Å². The molecular formula is C24H33N3O4. The zero-order valence-corrected chi connectivity index (χ0v) is 18.2. The normalized spacial score (nSPS) is 19.2. The Kier molecular flexibility index (Phi) is 7.25. The molecule has 168 valence electrons. The Labute approximate surface area is 183 Å². The molecule has 7 heteroatoms. The number of nitrogens with one attached hydrogen (secondary N) is 2. The molecule has 2 fully saturated rings. The molecule has 1 amide bonds. The SMILES string of the molecule is O=C(COC(=O)CCc1c[nH]c2ccccc12)NCC1(N2CCOCC2)CCCCC1. The van der Waals surface area contributed by atoms with Gasteiger partial charge in [0.25, 0.3) is 5.91 Å². The summed E-state index contributed by atoms with van der Waals surface area (Å²) in [7, 11) is 0. The molecule has 4 rings (SSSR count). The Morgan fingerprint density at radius 2 is 1.90 bits per heavy atom. The van der Waals surface area contributed by atoms with Gasteiger partial charge >= 0.3 is 5.97 Å². The Bertz CT molecular complexity index is 882. The number of morpholine rings is 1. The van der Waals surface area contributed by atoms with Crippen LogP contribution in [0.2, 0.25) is 0 Å². The van der Waals surface area contributed by atoms with Crippen LogP contribution in [-0.4, -0.2) is 66.8 Å². The highest BCUT2D eigenvalue weighted by Gasteiger charge is 2.38. The van der Waals surface area contributed by atoms with Crippen molar-refractivity contribution in [3.63, 3.8) is 0 Å². The molecule has 2 N–H and O–H groups in total. The summed E-state index contributed by atoms with van der Waals surface area (Å²) >= 11 is 0. The second kappa shape index (κ2) is 10.3. The molecule has 0 spiro atoms. The van der Waals surface area contributed by atoms with E-state index in [-0.39, 0.29) is 30.4 Å². The number of hydrogen-bond donors (Lipinski definition) is 2. The molecule has 1 aliphatic carbocycles. The number of para-hydroxylation sites is 1. The maximum Gasteiger partial charge on any atom is 0.306 e. The number of esters is 1. The largest absolute Gasteiger partial charge is 0.456 e. The van der Waals surface area contributed by atoms with Gasteiger partial charge in [-0.05, 0) is 30.9 Å². The summed E-state index contributed by atoms with van der Waals surface area (Å²) < 4.78 is 10.7. The van der Waals surface area contributed by atoms with Gasteiger partial charge in [0.15, 0.2) is 6.61 Å². The molecule has 7 nitrogen and oxygen atoms in total. The second-order valence-corrected chi connectivity index (χ2v) is 8.68. The summed E-state index contributed by atoms with van der Waals surface area (Å²) in [6.45, 7) is 3.73. The number of carbonyl (C=O) groups is 2. The first-order valence-corrected chi connectivity index (χ1v) is 11.5. The molecule has 0 bridgehead atoms. The van der Waals surface area contributed by atoms with E-state index in [2.05, 4.69) is 15.2 Å². The van der Waals surface area contributed by atoms with Gasteiger partial charge in [0.2, 0.25) is 0 Å². The fourth-order valence-corrected chi connectivity index (χ4v) is 4.96. The van der Waals surface area contributed by atoms with Crippen molar-refractivity contribution in [2.45, 2.75) is 50.5 Å². The monoisotopic (exact) mass is 427 g/mol. The lowest BCUT2D eigenvalue weighted by Crippen LogP contribution is -2.59. The second-order valence-electron chi connectivity index (χ2n) is 8.68. The number of aromatic nitrogens is 1. The van der Waals surface area contributed by atoms with Crippen molar-refractivity contribution in [1.82, 2.24) is 15.2 Å². The van der Waals surface area contributed by atoms with E-state index in [1.807, 2.05) is 30.5 Å². The van der Waals surface area contributed by atoms with Crippen LogP contribution < -0.4 is 5.32 Å². The van der Waals surface area contributed by atoms with E-state index in [0.717, 1.165) is 55.6 Å². The van der Waals surface area contributed by atoms with Gasteiger partial charge in [0, 0.05) is 48.7 Å². The van der Waals surface area contributed by atoms with Gasteiger partial charge in [0.05, 0.1) is 13.2 Å². The van der Waals surface area contributed by atoms with Crippen molar-refractivity contribution in [3.8, 4) is 0 Å². The lowest BCUT2D eigenvalue weighted by atomic mass is 9.79. The van der Waals surface area contributed by atoms with Crippen LogP contribution >= 0.6 is 0 Å². The van der Waals surface area contributed by atoms with Crippen molar-refractivity contribution in [2.24, 2.45) is 0 Å². The Hall–Kier alpha value is -2.38. The summed E-state index contributed by atoms with van der Waals surface area (Å²) in [5, 5.41) is 4.16. The first-order chi connectivity index (χ1) is 15.2. The highest BCUT2D eigenvalue weighted by atomic mass is 16.5. The number of H-pyrrole nitrogens is 1. The average molecular weight is 428 g/mol. The number of hydrogen-bond acceptors (Lipinski definition) is 5. The number of fused-ring (bicyclic) bond motifs is 1. The maximum absolute atomic E-state index is 12.4. The third-order valence-electron chi connectivity index (χ3n) is 6.72. The number of ether oxygens (including phenoxy) is 2. The minimum absolute atomic E-state index is 0.0110. The molecule has 1 saturated carbocycles.